The SMILES string of the molecule is O=C(O)C(c1cccc(O)c1)N1CCCNCC1. The molecule has 1 atom stereocenters. The summed E-state index contributed by atoms with van der Waals surface area (Å²) in [6, 6.07) is 5.81. The van der Waals surface area contributed by atoms with E-state index in [2.05, 4.69) is 5.32 Å². The molecule has 18 heavy (non-hydrogen) atoms. The van der Waals surface area contributed by atoms with Crippen LogP contribution in [0.15, 0.2) is 24.3 Å². The zero-order valence-electron chi connectivity index (χ0n) is 10.2. The zero-order valence-corrected chi connectivity index (χ0v) is 10.2. The first kappa shape index (κ1) is 12.9. The maximum absolute atomic E-state index is 11.5. The molecule has 1 heterocycles. The summed E-state index contributed by atoms with van der Waals surface area (Å²) >= 11 is 0. The van der Waals surface area contributed by atoms with Crippen molar-refractivity contribution in [1.82, 2.24) is 10.2 Å². The van der Waals surface area contributed by atoms with Crippen molar-refractivity contribution in [2.75, 3.05) is 26.2 Å². The van der Waals surface area contributed by atoms with Crippen molar-refractivity contribution >= 4 is 5.97 Å². The van der Waals surface area contributed by atoms with E-state index in [1.807, 2.05) is 4.90 Å². The van der Waals surface area contributed by atoms with Crippen LogP contribution in [0.25, 0.3) is 0 Å². The van der Waals surface area contributed by atoms with Gasteiger partial charge in [0.2, 0.25) is 0 Å². The first-order valence-corrected chi connectivity index (χ1v) is 6.15. The van der Waals surface area contributed by atoms with E-state index in [4.69, 9.17) is 0 Å². The Hall–Kier alpha value is -1.59. The summed E-state index contributed by atoms with van der Waals surface area (Å²) in [6.45, 7) is 3.16. The van der Waals surface area contributed by atoms with Crippen LogP contribution in [-0.4, -0.2) is 47.3 Å². The van der Waals surface area contributed by atoms with Crippen molar-refractivity contribution in [3.05, 3.63) is 29.8 Å². The maximum Gasteiger partial charge on any atom is 0.325 e. The van der Waals surface area contributed by atoms with Gasteiger partial charge in [0.05, 0.1) is 0 Å². The van der Waals surface area contributed by atoms with Gasteiger partial charge in [0.1, 0.15) is 11.8 Å². The van der Waals surface area contributed by atoms with Crippen molar-refractivity contribution in [3.63, 3.8) is 0 Å². The Morgan fingerprint density at radius 2 is 2.17 bits per heavy atom. The predicted octanol–water partition coefficient (Wildman–Crippen LogP) is 0.813. The minimum Gasteiger partial charge on any atom is -0.508 e. The highest BCUT2D eigenvalue weighted by atomic mass is 16.4. The summed E-state index contributed by atoms with van der Waals surface area (Å²) in [5, 5.41) is 22.1. The van der Waals surface area contributed by atoms with Crippen LogP contribution < -0.4 is 5.32 Å². The van der Waals surface area contributed by atoms with Crippen molar-refractivity contribution in [2.45, 2.75) is 12.5 Å². The average molecular weight is 250 g/mol. The number of benzene rings is 1. The van der Waals surface area contributed by atoms with Crippen molar-refractivity contribution < 1.29 is 15.0 Å². The minimum atomic E-state index is -0.873. The smallest absolute Gasteiger partial charge is 0.325 e. The highest BCUT2D eigenvalue weighted by Crippen LogP contribution is 2.24. The summed E-state index contributed by atoms with van der Waals surface area (Å²) in [7, 11) is 0. The summed E-state index contributed by atoms with van der Waals surface area (Å²) in [5.74, 6) is -0.769. The molecule has 1 saturated heterocycles. The Labute approximate surface area is 106 Å². The summed E-state index contributed by atoms with van der Waals surface area (Å²) < 4.78 is 0. The van der Waals surface area contributed by atoms with Crippen LogP contribution in [0.5, 0.6) is 5.75 Å². The molecule has 0 aliphatic carbocycles. The predicted molar refractivity (Wildman–Crippen MR) is 67.5 cm³/mol. The molecule has 0 saturated carbocycles. The van der Waals surface area contributed by atoms with Gasteiger partial charge < -0.3 is 15.5 Å². The molecule has 1 aliphatic heterocycles. The van der Waals surface area contributed by atoms with Crippen molar-refractivity contribution in [2.24, 2.45) is 0 Å². The molecule has 1 aromatic carbocycles. The third-order valence-electron chi connectivity index (χ3n) is 3.16. The topological polar surface area (TPSA) is 72.8 Å². The normalized spacial score (nSPS) is 19.1. The number of nitrogens with zero attached hydrogens (tertiary/aromatic N) is 1. The molecule has 1 fully saturated rings. The van der Waals surface area contributed by atoms with Gasteiger partial charge in [-0.15, -0.1) is 0 Å². The number of carboxylic acid groups (broad SMARTS) is 1. The molecule has 1 aliphatic rings. The van der Waals surface area contributed by atoms with Crippen LogP contribution in [-0.2, 0) is 4.79 Å². The quantitative estimate of drug-likeness (QED) is 0.740. The van der Waals surface area contributed by atoms with E-state index in [0.717, 1.165) is 26.1 Å². The summed E-state index contributed by atoms with van der Waals surface area (Å²) in [5.41, 5.74) is 0.629. The number of phenolic OH excluding ortho intramolecular Hbond substituents is 1. The van der Waals surface area contributed by atoms with Crippen LogP contribution in [0.3, 0.4) is 0 Å². The molecule has 3 N–H and O–H groups in total. The number of carbonyl (C=O) groups is 1. The fourth-order valence-electron chi connectivity index (χ4n) is 2.33. The van der Waals surface area contributed by atoms with Gasteiger partial charge in [-0.25, -0.2) is 0 Å². The molecular weight excluding hydrogens is 232 g/mol. The van der Waals surface area contributed by atoms with E-state index in [1.54, 1.807) is 18.2 Å². The maximum atomic E-state index is 11.5. The largest absolute Gasteiger partial charge is 0.508 e. The lowest BCUT2D eigenvalue weighted by Crippen LogP contribution is -2.36. The standard InChI is InChI=1S/C13H18N2O3/c16-11-4-1-3-10(9-11)12(13(17)18)15-7-2-5-14-6-8-15/h1,3-4,9,12,14,16H,2,5-8H2,(H,17,18). The Balaban J connectivity index is 2.24. The van der Waals surface area contributed by atoms with Gasteiger partial charge in [0.15, 0.2) is 0 Å². The van der Waals surface area contributed by atoms with Gasteiger partial charge in [0.25, 0.3) is 0 Å². The number of rotatable bonds is 3. The fourth-order valence-corrected chi connectivity index (χ4v) is 2.33. The number of hydrogen-bond donors (Lipinski definition) is 3. The number of hydrogen-bond acceptors (Lipinski definition) is 4. The second kappa shape index (κ2) is 5.84. The van der Waals surface area contributed by atoms with E-state index in [0.29, 0.717) is 12.1 Å². The van der Waals surface area contributed by atoms with Gasteiger partial charge in [-0.05, 0) is 30.7 Å². The molecule has 5 heteroatoms. The monoisotopic (exact) mass is 250 g/mol. The third-order valence-corrected chi connectivity index (χ3v) is 3.16. The van der Waals surface area contributed by atoms with Crippen LogP contribution in [0.4, 0.5) is 0 Å². The lowest BCUT2D eigenvalue weighted by molar-refractivity contribution is -0.143. The molecular formula is C13H18N2O3. The Morgan fingerprint density at radius 3 is 2.89 bits per heavy atom. The van der Waals surface area contributed by atoms with Gasteiger partial charge >= 0.3 is 5.97 Å². The van der Waals surface area contributed by atoms with E-state index >= 15 is 0 Å². The highest BCUT2D eigenvalue weighted by molar-refractivity contribution is 5.75. The summed E-state index contributed by atoms with van der Waals surface area (Å²) in [6.07, 6.45) is 0.933. The lowest BCUT2D eigenvalue weighted by Gasteiger charge is -2.27. The van der Waals surface area contributed by atoms with E-state index in [-0.39, 0.29) is 5.75 Å². The average Bonchev–Trinajstić information content (AvgIpc) is 2.58. The highest BCUT2D eigenvalue weighted by Gasteiger charge is 2.27. The minimum absolute atomic E-state index is 0.103. The first-order chi connectivity index (χ1) is 8.68. The molecule has 5 nitrogen and oxygen atoms in total. The van der Waals surface area contributed by atoms with E-state index in [9.17, 15) is 15.0 Å². The molecule has 1 aromatic rings. The third kappa shape index (κ3) is 3.00. The Kier molecular flexibility index (Phi) is 4.17. The van der Waals surface area contributed by atoms with Crippen molar-refractivity contribution in [3.8, 4) is 5.75 Å². The van der Waals surface area contributed by atoms with Crippen LogP contribution in [0, 0.1) is 0 Å². The van der Waals surface area contributed by atoms with E-state index < -0.39 is 12.0 Å². The number of aliphatic carboxylic acids is 1. The fraction of sp³-hybridized carbons (Fsp3) is 0.462. The summed E-state index contributed by atoms with van der Waals surface area (Å²) in [4.78, 5) is 13.4. The lowest BCUT2D eigenvalue weighted by atomic mass is 10.0. The molecule has 98 valence electrons. The van der Waals surface area contributed by atoms with Gasteiger partial charge in [0, 0.05) is 19.6 Å². The molecule has 0 radical (unpaired) electrons. The second-order valence-electron chi connectivity index (χ2n) is 4.48. The first-order valence-electron chi connectivity index (χ1n) is 6.15. The molecule has 0 aromatic heterocycles. The molecule has 0 bridgehead atoms. The van der Waals surface area contributed by atoms with Gasteiger partial charge in [-0.3, -0.25) is 9.69 Å². The van der Waals surface area contributed by atoms with Gasteiger partial charge in [-0.1, -0.05) is 12.1 Å². The number of nitrogens with one attached hydrogen (secondary N) is 1. The van der Waals surface area contributed by atoms with Crippen LogP contribution >= 0.6 is 0 Å². The van der Waals surface area contributed by atoms with Gasteiger partial charge in [-0.2, -0.15) is 0 Å². The number of carboxylic acids is 1. The molecule has 2 rings (SSSR count). The van der Waals surface area contributed by atoms with Crippen LogP contribution in [0.1, 0.15) is 18.0 Å². The van der Waals surface area contributed by atoms with Crippen molar-refractivity contribution in [1.29, 1.82) is 0 Å². The second-order valence-corrected chi connectivity index (χ2v) is 4.48. The Bertz CT molecular complexity index is 414. The zero-order chi connectivity index (χ0) is 13.0. The number of phenols is 1. The molecule has 0 spiro atoms. The molecule has 0 amide bonds. The Morgan fingerprint density at radius 1 is 1.33 bits per heavy atom. The molecule has 1 unspecified atom stereocenters. The van der Waals surface area contributed by atoms with E-state index in [1.165, 1.54) is 6.07 Å². The number of aromatic hydroxyl groups is 1. The van der Waals surface area contributed by atoms with Crippen LogP contribution in [0.2, 0.25) is 0 Å².